The Morgan fingerprint density at radius 1 is 1.04 bits per heavy atom. The van der Waals surface area contributed by atoms with E-state index < -0.39 is 11.7 Å². The van der Waals surface area contributed by atoms with Crippen molar-refractivity contribution in [1.29, 1.82) is 0 Å². The number of aryl methyl sites for hydroxylation is 1. The SMILES string of the molecule is CN(Cc1ccccc1C(F)(F)F)C1CCCc2ccccc21. The van der Waals surface area contributed by atoms with Gasteiger partial charge in [0.15, 0.2) is 0 Å². The molecule has 0 bridgehead atoms. The molecule has 3 rings (SSSR count). The molecule has 0 N–H and O–H groups in total. The van der Waals surface area contributed by atoms with Gasteiger partial charge in [0.1, 0.15) is 0 Å². The van der Waals surface area contributed by atoms with Gasteiger partial charge in [-0.3, -0.25) is 4.90 Å². The first kappa shape index (κ1) is 16.1. The first-order valence-electron chi connectivity index (χ1n) is 7.90. The maximum absolute atomic E-state index is 13.2. The fraction of sp³-hybridized carbons (Fsp3) is 0.368. The lowest BCUT2D eigenvalue weighted by Gasteiger charge is -2.33. The van der Waals surface area contributed by atoms with Gasteiger partial charge in [-0.1, -0.05) is 42.5 Å². The van der Waals surface area contributed by atoms with E-state index >= 15 is 0 Å². The van der Waals surface area contributed by atoms with Crippen LogP contribution in [0.15, 0.2) is 48.5 Å². The molecule has 23 heavy (non-hydrogen) atoms. The normalized spacial score (nSPS) is 18.0. The summed E-state index contributed by atoms with van der Waals surface area (Å²) >= 11 is 0. The van der Waals surface area contributed by atoms with Gasteiger partial charge in [0.2, 0.25) is 0 Å². The monoisotopic (exact) mass is 319 g/mol. The third kappa shape index (κ3) is 3.42. The highest BCUT2D eigenvalue weighted by Crippen LogP contribution is 2.36. The van der Waals surface area contributed by atoms with Crippen LogP contribution in [0.4, 0.5) is 13.2 Å². The Morgan fingerprint density at radius 3 is 2.52 bits per heavy atom. The van der Waals surface area contributed by atoms with Crippen LogP contribution in [0.3, 0.4) is 0 Å². The fourth-order valence-electron chi connectivity index (χ4n) is 3.50. The van der Waals surface area contributed by atoms with Crippen molar-refractivity contribution in [2.75, 3.05) is 7.05 Å². The summed E-state index contributed by atoms with van der Waals surface area (Å²) < 4.78 is 39.5. The number of nitrogens with zero attached hydrogens (tertiary/aromatic N) is 1. The third-order valence-electron chi connectivity index (χ3n) is 4.61. The molecule has 0 saturated carbocycles. The van der Waals surface area contributed by atoms with Gasteiger partial charge in [-0.15, -0.1) is 0 Å². The van der Waals surface area contributed by atoms with Gasteiger partial charge in [-0.25, -0.2) is 0 Å². The summed E-state index contributed by atoms with van der Waals surface area (Å²) in [5.41, 5.74) is 2.38. The van der Waals surface area contributed by atoms with Crippen LogP contribution in [0.5, 0.6) is 0 Å². The Morgan fingerprint density at radius 2 is 1.74 bits per heavy atom. The molecule has 122 valence electrons. The van der Waals surface area contributed by atoms with Gasteiger partial charge in [-0.05, 0) is 49.1 Å². The lowest BCUT2D eigenvalue weighted by molar-refractivity contribution is -0.138. The second-order valence-corrected chi connectivity index (χ2v) is 6.18. The van der Waals surface area contributed by atoms with E-state index in [4.69, 9.17) is 0 Å². The summed E-state index contributed by atoms with van der Waals surface area (Å²) in [7, 11) is 1.92. The van der Waals surface area contributed by atoms with Crippen LogP contribution in [-0.2, 0) is 19.1 Å². The molecule has 0 saturated heterocycles. The van der Waals surface area contributed by atoms with Crippen LogP contribution < -0.4 is 0 Å². The molecule has 0 heterocycles. The van der Waals surface area contributed by atoms with E-state index in [0.717, 1.165) is 25.3 Å². The lowest BCUT2D eigenvalue weighted by Crippen LogP contribution is -2.28. The minimum atomic E-state index is -4.30. The van der Waals surface area contributed by atoms with E-state index in [0.29, 0.717) is 12.1 Å². The summed E-state index contributed by atoms with van der Waals surface area (Å²) in [6.07, 6.45) is -1.18. The van der Waals surface area contributed by atoms with Gasteiger partial charge in [0, 0.05) is 12.6 Å². The molecule has 2 aromatic carbocycles. The maximum Gasteiger partial charge on any atom is 0.416 e. The molecule has 1 unspecified atom stereocenters. The Balaban J connectivity index is 1.85. The number of benzene rings is 2. The Labute approximate surface area is 134 Å². The number of fused-ring (bicyclic) bond motifs is 1. The quantitative estimate of drug-likeness (QED) is 0.750. The van der Waals surface area contributed by atoms with Crippen molar-refractivity contribution in [3.63, 3.8) is 0 Å². The molecule has 1 nitrogen and oxygen atoms in total. The molecule has 1 aliphatic carbocycles. The number of hydrogen-bond acceptors (Lipinski definition) is 1. The van der Waals surface area contributed by atoms with Crippen molar-refractivity contribution >= 4 is 0 Å². The van der Waals surface area contributed by atoms with E-state index in [-0.39, 0.29) is 6.04 Å². The van der Waals surface area contributed by atoms with Crippen molar-refractivity contribution < 1.29 is 13.2 Å². The van der Waals surface area contributed by atoms with Crippen LogP contribution in [0.1, 0.15) is 41.1 Å². The van der Waals surface area contributed by atoms with Crippen molar-refractivity contribution in [1.82, 2.24) is 4.90 Å². The standard InChI is InChI=1S/C19H20F3N/c1-23(13-15-8-3-5-11-17(15)19(20,21)22)18-12-6-9-14-7-2-4-10-16(14)18/h2-5,7-8,10-11,18H,6,9,12-13H2,1H3. The number of halogens is 3. The van der Waals surface area contributed by atoms with Crippen LogP contribution in [0.2, 0.25) is 0 Å². The zero-order valence-corrected chi connectivity index (χ0v) is 13.1. The van der Waals surface area contributed by atoms with Gasteiger partial charge in [0.05, 0.1) is 5.56 Å². The van der Waals surface area contributed by atoms with Crippen LogP contribution in [-0.4, -0.2) is 11.9 Å². The fourth-order valence-corrected chi connectivity index (χ4v) is 3.50. The second kappa shape index (κ2) is 6.36. The second-order valence-electron chi connectivity index (χ2n) is 6.18. The lowest BCUT2D eigenvalue weighted by atomic mass is 9.87. The Hall–Kier alpha value is -1.81. The third-order valence-corrected chi connectivity index (χ3v) is 4.61. The van der Waals surface area contributed by atoms with Gasteiger partial charge in [-0.2, -0.15) is 13.2 Å². The van der Waals surface area contributed by atoms with Crippen LogP contribution in [0.25, 0.3) is 0 Å². The van der Waals surface area contributed by atoms with Gasteiger partial charge in [0.25, 0.3) is 0 Å². The summed E-state index contributed by atoms with van der Waals surface area (Å²) in [4.78, 5) is 2.04. The van der Waals surface area contributed by atoms with Crippen molar-refractivity contribution in [2.45, 2.75) is 38.0 Å². The summed E-state index contributed by atoms with van der Waals surface area (Å²) in [5, 5.41) is 0. The summed E-state index contributed by atoms with van der Waals surface area (Å²) in [5.74, 6) is 0. The average Bonchev–Trinajstić information content (AvgIpc) is 2.54. The topological polar surface area (TPSA) is 3.24 Å². The van der Waals surface area contributed by atoms with Gasteiger partial charge >= 0.3 is 6.18 Å². The molecular weight excluding hydrogens is 299 g/mol. The van der Waals surface area contributed by atoms with E-state index in [9.17, 15) is 13.2 Å². The zero-order chi connectivity index (χ0) is 16.4. The molecule has 0 aliphatic heterocycles. The number of hydrogen-bond donors (Lipinski definition) is 0. The van der Waals surface area contributed by atoms with Gasteiger partial charge < -0.3 is 0 Å². The van der Waals surface area contributed by atoms with E-state index in [1.165, 1.54) is 17.2 Å². The molecule has 1 atom stereocenters. The molecule has 2 aromatic rings. The van der Waals surface area contributed by atoms with Crippen molar-refractivity contribution in [2.24, 2.45) is 0 Å². The van der Waals surface area contributed by atoms with E-state index in [1.54, 1.807) is 12.1 Å². The van der Waals surface area contributed by atoms with E-state index in [1.807, 2.05) is 24.1 Å². The van der Waals surface area contributed by atoms with Crippen molar-refractivity contribution in [3.05, 3.63) is 70.8 Å². The smallest absolute Gasteiger partial charge is 0.295 e. The van der Waals surface area contributed by atoms with Crippen LogP contribution in [0, 0.1) is 0 Å². The highest BCUT2D eigenvalue weighted by atomic mass is 19.4. The molecule has 1 aliphatic rings. The molecule has 0 aromatic heterocycles. The molecule has 0 amide bonds. The molecule has 0 fully saturated rings. The number of alkyl halides is 3. The Kier molecular flexibility index (Phi) is 4.44. The molecule has 4 heteroatoms. The van der Waals surface area contributed by atoms with Crippen LogP contribution >= 0.6 is 0 Å². The average molecular weight is 319 g/mol. The Bertz CT molecular complexity index is 678. The minimum absolute atomic E-state index is 0.182. The first-order chi connectivity index (χ1) is 11.0. The highest BCUT2D eigenvalue weighted by molar-refractivity contribution is 5.33. The first-order valence-corrected chi connectivity index (χ1v) is 7.90. The largest absolute Gasteiger partial charge is 0.416 e. The molecule has 0 spiro atoms. The van der Waals surface area contributed by atoms with Crippen molar-refractivity contribution in [3.8, 4) is 0 Å². The van der Waals surface area contributed by atoms with E-state index in [2.05, 4.69) is 12.1 Å². The maximum atomic E-state index is 13.2. The molecular formula is C19H20F3N. The molecule has 0 radical (unpaired) electrons. The minimum Gasteiger partial charge on any atom is -0.295 e. The summed E-state index contributed by atoms with van der Waals surface area (Å²) in [6.45, 7) is 0.300. The predicted octanol–water partition coefficient (Wildman–Crippen LogP) is 5.21. The predicted molar refractivity (Wildman–Crippen MR) is 85.0 cm³/mol. The highest BCUT2D eigenvalue weighted by Gasteiger charge is 2.33. The summed E-state index contributed by atoms with van der Waals surface area (Å²) in [6, 6.07) is 14.3. The zero-order valence-electron chi connectivity index (χ0n) is 13.1. The number of rotatable bonds is 3.